The molecule has 4 heteroatoms. The van der Waals surface area contributed by atoms with Gasteiger partial charge in [0.05, 0.1) is 5.69 Å². The van der Waals surface area contributed by atoms with Crippen LogP contribution in [0.15, 0.2) is 85.2 Å². The van der Waals surface area contributed by atoms with Gasteiger partial charge in [0.2, 0.25) is 0 Å². The van der Waals surface area contributed by atoms with Gasteiger partial charge in [-0.2, -0.15) is 0 Å². The maximum Gasteiger partial charge on any atom is 0.0729 e. The summed E-state index contributed by atoms with van der Waals surface area (Å²) in [5, 5.41) is 0. The average molecular weight is 312 g/mol. The molecule has 0 unspecified atom stereocenters. The van der Waals surface area contributed by atoms with Gasteiger partial charge in [0, 0.05) is 42.8 Å². The normalized spacial score (nSPS) is 11.1. The number of aromatic nitrogens is 3. The summed E-state index contributed by atoms with van der Waals surface area (Å²) in [5.74, 6) is 0. The number of hydrogen-bond donors (Lipinski definition) is 0. The minimum absolute atomic E-state index is 0.790. The molecule has 0 amide bonds. The van der Waals surface area contributed by atoms with Crippen LogP contribution in [-0.4, -0.2) is 21.7 Å². The first-order chi connectivity index (χ1) is 11.8. The maximum absolute atomic E-state index is 4.48. The van der Waals surface area contributed by atoms with Crippen molar-refractivity contribution in [3.05, 3.63) is 91.4 Å². The minimum Gasteiger partial charge on any atom is -0.272 e. The number of aliphatic imine (C=N–C) groups is 1. The third-order valence-corrected chi connectivity index (χ3v) is 3.62. The van der Waals surface area contributed by atoms with Crippen LogP contribution < -0.4 is 0 Å². The van der Waals surface area contributed by atoms with Gasteiger partial charge in [-0.1, -0.05) is 6.58 Å². The van der Waals surface area contributed by atoms with Gasteiger partial charge in [-0.3, -0.25) is 19.9 Å². The van der Waals surface area contributed by atoms with Crippen molar-refractivity contribution in [3.63, 3.8) is 0 Å². The number of rotatable bonds is 5. The van der Waals surface area contributed by atoms with Crippen LogP contribution in [0.25, 0.3) is 22.3 Å². The summed E-state index contributed by atoms with van der Waals surface area (Å²) in [5.41, 5.74) is 5.54. The molecule has 24 heavy (non-hydrogen) atoms. The zero-order valence-electron chi connectivity index (χ0n) is 13.1. The van der Waals surface area contributed by atoms with E-state index in [0.29, 0.717) is 0 Å². The molecule has 0 fully saturated rings. The van der Waals surface area contributed by atoms with Gasteiger partial charge < -0.3 is 0 Å². The third-order valence-electron chi connectivity index (χ3n) is 3.62. The van der Waals surface area contributed by atoms with Crippen LogP contribution in [0.2, 0.25) is 0 Å². The van der Waals surface area contributed by atoms with E-state index >= 15 is 0 Å². The fourth-order valence-corrected chi connectivity index (χ4v) is 2.40. The molecule has 0 saturated carbocycles. The number of allylic oxidation sites excluding steroid dienone is 2. The molecule has 0 aromatic carbocycles. The van der Waals surface area contributed by atoms with E-state index < -0.39 is 0 Å². The monoisotopic (exact) mass is 312 g/mol. The lowest BCUT2D eigenvalue weighted by molar-refractivity contribution is 1.27. The lowest BCUT2D eigenvalue weighted by Gasteiger charge is -2.11. The second-order valence-electron chi connectivity index (χ2n) is 5.11. The van der Waals surface area contributed by atoms with Gasteiger partial charge in [-0.15, -0.1) is 0 Å². The number of pyridine rings is 3. The fourth-order valence-electron chi connectivity index (χ4n) is 2.40. The second kappa shape index (κ2) is 7.24. The molecule has 0 radical (unpaired) electrons. The highest BCUT2D eigenvalue weighted by Crippen LogP contribution is 2.30. The van der Waals surface area contributed by atoms with E-state index in [2.05, 4.69) is 33.2 Å². The summed E-state index contributed by atoms with van der Waals surface area (Å²) in [6.07, 6.45) is 10.5. The zero-order chi connectivity index (χ0) is 16.8. The third kappa shape index (κ3) is 3.33. The lowest BCUT2D eigenvalue weighted by atomic mass is 9.96. The SMILES string of the molecule is C=NC=C(C(=C)c1ccncc1)c1cc(-c2ccncc2)ccn1. The molecule has 0 spiro atoms. The largest absolute Gasteiger partial charge is 0.272 e. The molecule has 0 saturated heterocycles. The molecule has 4 nitrogen and oxygen atoms in total. The Balaban J connectivity index is 2.03. The summed E-state index contributed by atoms with van der Waals surface area (Å²) in [6.45, 7) is 7.76. The lowest BCUT2D eigenvalue weighted by Crippen LogP contribution is -1.94. The molecule has 0 N–H and O–H groups in total. The van der Waals surface area contributed by atoms with Crippen LogP contribution in [0.4, 0.5) is 0 Å². The highest BCUT2D eigenvalue weighted by Gasteiger charge is 2.11. The van der Waals surface area contributed by atoms with Crippen molar-refractivity contribution in [2.75, 3.05) is 0 Å². The van der Waals surface area contributed by atoms with Gasteiger partial charge in [0.25, 0.3) is 0 Å². The fraction of sp³-hybridized carbons (Fsp3) is 0. The summed E-state index contributed by atoms with van der Waals surface area (Å²) >= 11 is 0. The first-order valence-electron chi connectivity index (χ1n) is 7.42. The van der Waals surface area contributed by atoms with Crippen molar-refractivity contribution in [1.82, 2.24) is 15.0 Å². The highest BCUT2D eigenvalue weighted by atomic mass is 14.7. The van der Waals surface area contributed by atoms with Gasteiger partial charge in [0.1, 0.15) is 0 Å². The summed E-state index contributed by atoms with van der Waals surface area (Å²) in [6, 6.07) is 11.7. The molecule has 3 rings (SSSR count). The van der Waals surface area contributed by atoms with E-state index in [1.54, 1.807) is 37.2 Å². The molecule has 0 aliphatic carbocycles. The Morgan fingerprint density at radius 3 is 2.17 bits per heavy atom. The predicted molar refractivity (Wildman–Crippen MR) is 98.3 cm³/mol. The summed E-state index contributed by atoms with van der Waals surface area (Å²) in [7, 11) is 0. The number of hydrogen-bond acceptors (Lipinski definition) is 4. The molecule has 3 heterocycles. The Morgan fingerprint density at radius 1 is 0.875 bits per heavy atom. The summed E-state index contributed by atoms with van der Waals surface area (Å²) < 4.78 is 0. The molecule has 0 bridgehead atoms. The standard InChI is InChI=1S/C20H16N4/c1-15(16-3-8-22-9-4-16)19(14-21-2)20-13-18(7-12-24-20)17-5-10-23-11-6-17/h3-14H,1-2H2. The van der Waals surface area contributed by atoms with E-state index in [1.807, 2.05) is 36.4 Å². The van der Waals surface area contributed by atoms with Crippen LogP contribution in [0.3, 0.4) is 0 Å². The Hall–Kier alpha value is -3.40. The van der Waals surface area contributed by atoms with E-state index in [4.69, 9.17) is 0 Å². The van der Waals surface area contributed by atoms with E-state index in [1.165, 1.54) is 0 Å². The van der Waals surface area contributed by atoms with Crippen LogP contribution in [0.1, 0.15) is 11.3 Å². The van der Waals surface area contributed by atoms with E-state index in [0.717, 1.165) is 33.5 Å². The molecular weight excluding hydrogens is 296 g/mol. The molecule has 3 aromatic rings. The van der Waals surface area contributed by atoms with Crippen LogP contribution in [0.5, 0.6) is 0 Å². The van der Waals surface area contributed by atoms with E-state index in [-0.39, 0.29) is 0 Å². The van der Waals surface area contributed by atoms with Crippen LogP contribution in [-0.2, 0) is 0 Å². The van der Waals surface area contributed by atoms with Crippen molar-refractivity contribution < 1.29 is 0 Å². The van der Waals surface area contributed by atoms with Crippen molar-refractivity contribution >= 4 is 17.9 Å². The Kier molecular flexibility index (Phi) is 4.68. The molecule has 0 atom stereocenters. The maximum atomic E-state index is 4.48. The van der Waals surface area contributed by atoms with Crippen molar-refractivity contribution in [2.45, 2.75) is 0 Å². The zero-order valence-corrected chi connectivity index (χ0v) is 13.1. The van der Waals surface area contributed by atoms with Crippen molar-refractivity contribution in [1.29, 1.82) is 0 Å². The van der Waals surface area contributed by atoms with Crippen LogP contribution >= 0.6 is 0 Å². The Bertz CT molecular complexity index is 884. The van der Waals surface area contributed by atoms with Crippen LogP contribution in [0, 0.1) is 0 Å². The molecule has 0 aliphatic rings. The van der Waals surface area contributed by atoms with Gasteiger partial charge >= 0.3 is 0 Å². The van der Waals surface area contributed by atoms with E-state index in [9.17, 15) is 0 Å². The smallest absolute Gasteiger partial charge is 0.0729 e. The quantitative estimate of drug-likeness (QED) is 0.521. The average Bonchev–Trinajstić information content (AvgIpc) is 2.67. The molecule has 116 valence electrons. The molecule has 0 aliphatic heterocycles. The Morgan fingerprint density at radius 2 is 1.50 bits per heavy atom. The second-order valence-corrected chi connectivity index (χ2v) is 5.11. The van der Waals surface area contributed by atoms with Crippen molar-refractivity contribution in [2.24, 2.45) is 4.99 Å². The predicted octanol–water partition coefficient (Wildman–Crippen LogP) is 4.29. The van der Waals surface area contributed by atoms with Gasteiger partial charge in [-0.25, -0.2) is 0 Å². The van der Waals surface area contributed by atoms with Crippen molar-refractivity contribution in [3.8, 4) is 11.1 Å². The first-order valence-corrected chi connectivity index (χ1v) is 7.42. The summed E-state index contributed by atoms with van der Waals surface area (Å²) in [4.78, 5) is 16.5. The minimum atomic E-state index is 0.790. The molecular formula is C20H16N4. The first kappa shape index (κ1) is 15.5. The highest BCUT2D eigenvalue weighted by molar-refractivity contribution is 6.03. The number of nitrogens with zero attached hydrogens (tertiary/aromatic N) is 4. The topological polar surface area (TPSA) is 51.0 Å². The van der Waals surface area contributed by atoms with Gasteiger partial charge in [-0.05, 0) is 65.4 Å². The Labute approximate surface area is 141 Å². The molecule has 3 aromatic heterocycles. The van der Waals surface area contributed by atoms with Gasteiger partial charge in [0.15, 0.2) is 0 Å².